The molecule has 0 nitrogen and oxygen atoms in total. The SMILES string of the molecule is C[Si]1(C)c2cc(Br)ccc2-c2ccc(-c3cc4ccccc4c4ccccc34)cc21. The van der Waals surface area contributed by atoms with Gasteiger partial charge in [-0.1, -0.05) is 102 Å². The average molecular weight is 465 g/mol. The molecule has 5 aromatic rings. The zero-order valence-electron chi connectivity index (χ0n) is 17.0. The van der Waals surface area contributed by atoms with E-state index in [1.807, 2.05) is 0 Å². The van der Waals surface area contributed by atoms with E-state index in [9.17, 15) is 0 Å². The molecule has 30 heavy (non-hydrogen) atoms. The molecule has 0 N–H and O–H groups in total. The van der Waals surface area contributed by atoms with Crippen LogP contribution in [0.15, 0.2) is 95.5 Å². The normalized spacial score (nSPS) is 14.1. The topological polar surface area (TPSA) is 0 Å². The Morgan fingerprint density at radius 3 is 2.00 bits per heavy atom. The first-order valence-corrected chi connectivity index (χ1v) is 14.2. The molecule has 1 heterocycles. The van der Waals surface area contributed by atoms with E-state index in [4.69, 9.17) is 0 Å². The first-order valence-electron chi connectivity index (χ1n) is 10.4. The molecule has 0 saturated heterocycles. The van der Waals surface area contributed by atoms with Crippen LogP contribution in [0.4, 0.5) is 0 Å². The van der Waals surface area contributed by atoms with Gasteiger partial charge < -0.3 is 0 Å². The molecule has 0 bridgehead atoms. The van der Waals surface area contributed by atoms with Crippen LogP contribution in [0.1, 0.15) is 0 Å². The molecule has 0 atom stereocenters. The quantitative estimate of drug-likeness (QED) is 0.181. The first kappa shape index (κ1) is 18.1. The Bertz CT molecular complexity index is 1480. The summed E-state index contributed by atoms with van der Waals surface area (Å²) in [6, 6.07) is 33.8. The number of halogens is 1. The van der Waals surface area contributed by atoms with E-state index < -0.39 is 8.07 Å². The summed E-state index contributed by atoms with van der Waals surface area (Å²) in [5.41, 5.74) is 5.49. The van der Waals surface area contributed by atoms with Gasteiger partial charge in [0.2, 0.25) is 0 Å². The van der Waals surface area contributed by atoms with E-state index in [-0.39, 0.29) is 0 Å². The van der Waals surface area contributed by atoms with Crippen LogP contribution in [-0.2, 0) is 0 Å². The second-order valence-electron chi connectivity index (χ2n) is 8.77. The van der Waals surface area contributed by atoms with Gasteiger partial charge in [-0.15, -0.1) is 0 Å². The second-order valence-corrected chi connectivity index (χ2v) is 14.0. The van der Waals surface area contributed by atoms with Gasteiger partial charge in [0, 0.05) is 4.47 Å². The van der Waals surface area contributed by atoms with Crippen molar-refractivity contribution in [2.24, 2.45) is 0 Å². The Balaban J connectivity index is 1.63. The summed E-state index contributed by atoms with van der Waals surface area (Å²) in [5.74, 6) is 0. The van der Waals surface area contributed by atoms with Crippen LogP contribution in [0.3, 0.4) is 0 Å². The third-order valence-electron chi connectivity index (χ3n) is 6.72. The summed E-state index contributed by atoms with van der Waals surface area (Å²) in [4.78, 5) is 0. The fraction of sp³-hybridized carbons (Fsp3) is 0.0714. The first-order chi connectivity index (χ1) is 14.5. The molecule has 0 fully saturated rings. The highest BCUT2D eigenvalue weighted by molar-refractivity contribution is 9.10. The van der Waals surface area contributed by atoms with E-state index in [2.05, 4.69) is 120 Å². The minimum Gasteiger partial charge on any atom is -0.0616 e. The molecule has 0 amide bonds. The van der Waals surface area contributed by atoms with E-state index in [0.717, 1.165) is 0 Å². The van der Waals surface area contributed by atoms with Gasteiger partial charge in [-0.3, -0.25) is 0 Å². The van der Waals surface area contributed by atoms with Crippen LogP contribution in [0.25, 0.3) is 43.8 Å². The van der Waals surface area contributed by atoms with Crippen molar-refractivity contribution in [2.75, 3.05) is 0 Å². The van der Waals surface area contributed by atoms with E-state index in [1.165, 1.54) is 53.5 Å². The van der Waals surface area contributed by atoms with Crippen LogP contribution in [-0.4, -0.2) is 8.07 Å². The van der Waals surface area contributed by atoms with Crippen LogP contribution in [0, 0.1) is 0 Å². The van der Waals surface area contributed by atoms with Gasteiger partial charge in [-0.25, -0.2) is 0 Å². The maximum absolute atomic E-state index is 3.68. The van der Waals surface area contributed by atoms with Gasteiger partial charge in [0.25, 0.3) is 0 Å². The average Bonchev–Trinajstić information content (AvgIpc) is 2.99. The molecular formula is C28H21BrSi. The monoisotopic (exact) mass is 464 g/mol. The highest BCUT2D eigenvalue weighted by Gasteiger charge is 2.37. The molecule has 1 aliphatic rings. The van der Waals surface area contributed by atoms with Gasteiger partial charge in [-0.05, 0) is 72.4 Å². The van der Waals surface area contributed by atoms with Crippen molar-refractivity contribution in [2.45, 2.75) is 13.1 Å². The van der Waals surface area contributed by atoms with Crippen molar-refractivity contribution in [3.8, 4) is 22.3 Å². The van der Waals surface area contributed by atoms with Crippen molar-refractivity contribution >= 4 is 55.9 Å². The van der Waals surface area contributed by atoms with Gasteiger partial charge in [-0.2, -0.15) is 0 Å². The Labute approximate surface area is 186 Å². The lowest BCUT2D eigenvalue weighted by Gasteiger charge is -2.20. The molecule has 0 unspecified atom stereocenters. The zero-order chi connectivity index (χ0) is 20.5. The fourth-order valence-corrected chi connectivity index (χ4v) is 8.85. The number of fused-ring (bicyclic) bond motifs is 6. The van der Waals surface area contributed by atoms with E-state index in [1.54, 1.807) is 5.19 Å². The van der Waals surface area contributed by atoms with Crippen molar-refractivity contribution in [1.82, 2.24) is 0 Å². The second kappa shape index (κ2) is 6.41. The Kier molecular flexibility index (Phi) is 3.87. The van der Waals surface area contributed by atoms with Crippen molar-refractivity contribution in [3.05, 3.63) is 95.5 Å². The minimum atomic E-state index is -1.73. The molecule has 6 rings (SSSR count). The van der Waals surface area contributed by atoms with Gasteiger partial charge in [0.05, 0.1) is 0 Å². The molecular weight excluding hydrogens is 444 g/mol. The molecule has 2 heteroatoms. The van der Waals surface area contributed by atoms with Gasteiger partial charge in [0.15, 0.2) is 0 Å². The predicted octanol–water partition coefficient (Wildman–Crippen LogP) is 7.23. The maximum atomic E-state index is 3.68. The lowest BCUT2D eigenvalue weighted by molar-refractivity contribution is 1.66. The van der Waals surface area contributed by atoms with Crippen LogP contribution in [0.5, 0.6) is 0 Å². The molecule has 144 valence electrons. The number of rotatable bonds is 1. The third-order valence-corrected chi connectivity index (χ3v) is 10.7. The summed E-state index contributed by atoms with van der Waals surface area (Å²) in [7, 11) is -1.73. The predicted molar refractivity (Wildman–Crippen MR) is 137 cm³/mol. The smallest absolute Gasteiger partial charge is 0.0616 e. The van der Waals surface area contributed by atoms with Crippen LogP contribution in [0.2, 0.25) is 13.1 Å². The molecule has 0 aromatic heterocycles. The summed E-state index contributed by atoms with van der Waals surface area (Å²) in [6.45, 7) is 4.96. The zero-order valence-corrected chi connectivity index (χ0v) is 19.6. The summed E-state index contributed by atoms with van der Waals surface area (Å²) in [6.07, 6.45) is 0. The Hall–Kier alpha value is -2.68. The van der Waals surface area contributed by atoms with Crippen molar-refractivity contribution in [3.63, 3.8) is 0 Å². The van der Waals surface area contributed by atoms with Crippen molar-refractivity contribution < 1.29 is 0 Å². The highest BCUT2D eigenvalue weighted by atomic mass is 79.9. The van der Waals surface area contributed by atoms with Crippen molar-refractivity contribution in [1.29, 1.82) is 0 Å². The van der Waals surface area contributed by atoms with Crippen LogP contribution >= 0.6 is 15.9 Å². The molecule has 1 aliphatic heterocycles. The van der Waals surface area contributed by atoms with E-state index in [0.29, 0.717) is 0 Å². The maximum Gasteiger partial charge on any atom is 0.113 e. The molecule has 0 aliphatic carbocycles. The largest absolute Gasteiger partial charge is 0.113 e. The lowest BCUT2D eigenvalue weighted by atomic mass is 9.92. The number of benzene rings is 5. The lowest BCUT2D eigenvalue weighted by Crippen LogP contribution is -2.49. The standard InChI is InChI=1S/C28H21BrSi/c1-30(2)27-16-19(11-13-24(27)25-14-12-20(29)17-28(25)30)26-15-18-7-3-4-8-21(18)22-9-5-6-10-23(22)26/h3-17H,1-2H3. The van der Waals surface area contributed by atoms with Crippen LogP contribution < -0.4 is 10.4 Å². The summed E-state index contributed by atoms with van der Waals surface area (Å²) < 4.78 is 1.18. The molecule has 0 radical (unpaired) electrons. The summed E-state index contributed by atoms with van der Waals surface area (Å²) in [5, 5.41) is 8.36. The number of hydrogen-bond donors (Lipinski definition) is 0. The fourth-order valence-electron chi connectivity index (χ4n) is 5.17. The minimum absolute atomic E-state index is 1.18. The molecule has 0 saturated carbocycles. The van der Waals surface area contributed by atoms with Gasteiger partial charge in [0.1, 0.15) is 8.07 Å². The highest BCUT2D eigenvalue weighted by Crippen LogP contribution is 2.37. The molecule has 5 aromatic carbocycles. The number of hydrogen-bond acceptors (Lipinski definition) is 0. The van der Waals surface area contributed by atoms with E-state index >= 15 is 0 Å². The van der Waals surface area contributed by atoms with Gasteiger partial charge >= 0.3 is 0 Å². The Morgan fingerprint density at radius 2 is 1.20 bits per heavy atom. The Morgan fingerprint density at radius 1 is 0.567 bits per heavy atom. The summed E-state index contributed by atoms with van der Waals surface area (Å²) >= 11 is 3.68. The third kappa shape index (κ3) is 2.50. The molecule has 0 spiro atoms.